The third-order valence-electron chi connectivity index (χ3n) is 2.13. The molecule has 18 heavy (non-hydrogen) atoms. The molecule has 0 aliphatic rings. The third-order valence-corrected chi connectivity index (χ3v) is 3.69. The quantitative estimate of drug-likeness (QED) is 0.596. The molecule has 0 bridgehead atoms. The van der Waals surface area contributed by atoms with Gasteiger partial charge in [-0.2, -0.15) is 8.42 Å². The lowest BCUT2D eigenvalue weighted by Gasteiger charge is -2.17. The predicted octanol–water partition coefficient (Wildman–Crippen LogP) is 2.51. The third kappa shape index (κ3) is 6.90. The van der Waals surface area contributed by atoms with Crippen molar-refractivity contribution in [2.75, 3.05) is 6.26 Å². The van der Waals surface area contributed by atoms with E-state index in [9.17, 15) is 8.42 Å². The van der Waals surface area contributed by atoms with Crippen LogP contribution in [0.3, 0.4) is 0 Å². The van der Waals surface area contributed by atoms with E-state index in [0.29, 0.717) is 6.61 Å². The molecule has 1 rings (SSSR count). The molecule has 0 saturated carbocycles. The van der Waals surface area contributed by atoms with E-state index < -0.39 is 18.4 Å². The molecule has 0 unspecified atom stereocenters. The molecule has 0 amide bonds. The summed E-state index contributed by atoms with van der Waals surface area (Å²) in [6, 6.07) is 7.57. The molecular weight excluding hydrogens is 268 g/mol. The molecule has 0 atom stereocenters. The fourth-order valence-electron chi connectivity index (χ4n) is 1.21. The van der Waals surface area contributed by atoms with Gasteiger partial charge in [-0.1, -0.05) is 24.3 Å². The number of benzene rings is 1. The van der Waals surface area contributed by atoms with E-state index in [0.717, 1.165) is 17.4 Å². The molecule has 0 aromatic heterocycles. The summed E-state index contributed by atoms with van der Waals surface area (Å²) < 4.78 is 32.2. The zero-order valence-electron chi connectivity index (χ0n) is 11.3. The second-order valence-corrected chi connectivity index (χ2v) is 11.3. The van der Waals surface area contributed by atoms with Crippen LogP contribution in [0.15, 0.2) is 24.3 Å². The van der Waals surface area contributed by atoms with Crippen molar-refractivity contribution >= 4 is 18.4 Å². The molecule has 0 heterocycles. The molecule has 0 aliphatic heterocycles. The highest BCUT2D eigenvalue weighted by atomic mass is 32.2. The van der Waals surface area contributed by atoms with E-state index in [2.05, 4.69) is 19.6 Å². The molecule has 0 aliphatic carbocycles. The Bertz CT molecular complexity index is 474. The normalized spacial score (nSPS) is 12.7. The first-order valence-electron chi connectivity index (χ1n) is 5.72. The van der Waals surface area contributed by atoms with E-state index in [1.54, 1.807) is 0 Å². The summed E-state index contributed by atoms with van der Waals surface area (Å²) in [5.74, 6) is 0. The summed E-state index contributed by atoms with van der Waals surface area (Å²) in [5, 5.41) is 0. The Kier molecular flexibility index (Phi) is 5.09. The van der Waals surface area contributed by atoms with Crippen molar-refractivity contribution in [2.24, 2.45) is 0 Å². The van der Waals surface area contributed by atoms with Crippen molar-refractivity contribution in [3.8, 4) is 0 Å². The molecule has 1 aromatic rings. The predicted molar refractivity (Wildman–Crippen MR) is 74.2 cm³/mol. The Morgan fingerprint density at radius 1 is 1.00 bits per heavy atom. The van der Waals surface area contributed by atoms with Gasteiger partial charge in [-0.05, 0) is 30.8 Å². The average Bonchev–Trinajstić information content (AvgIpc) is 2.23. The van der Waals surface area contributed by atoms with Gasteiger partial charge in [0.15, 0.2) is 8.32 Å². The van der Waals surface area contributed by atoms with Crippen molar-refractivity contribution < 1.29 is 17.0 Å². The number of hydrogen-bond acceptors (Lipinski definition) is 4. The standard InChI is InChI=1S/C12H20O4SSi/c1-17(13,14)15-9-11-5-7-12(8-6-11)10-16-18(2,3)4/h5-8H,9-10H2,1-4H3. The second-order valence-electron chi connectivity index (χ2n) is 5.18. The van der Waals surface area contributed by atoms with E-state index >= 15 is 0 Å². The highest BCUT2D eigenvalue weighted by Gasteiger charge is 2.13. The van der Waals surface area contributed by atoms with Crippen molar-refractivity contribution in [3.05, 3.63) is 35.4 Å². The van der Waals surface area contributed by atoms with Crippen LogP contribution in [0.2, 0.25) is 19.6 Å². The van der Waals surface area contributed by atoms with Gasteiger partial charge < -0.3 is 4.43 Å². The van der Waals surface area contributed by atoms with Gasteiger partial charge in [-0.15, -0.1) is 0 Å². The Morgan fingerprint density at radius 3 is 1.83 bits per heavy atom. The smallest absolute Gasteiger partial charge is 0.264 e. The van der Waals surface area contributed by atoms with E-state index in [1.807, 2.05) is 24.3 Å². The summed E-state index contributed by atoms with van der Waals surface area (Å²) in [6.45, 7) is 7.10. The second kappa shape index (κ2) is 5.97. The Balaban J connectivity index is 2.53. The van der Waals surface area contributed by atoms with E-state index in [4.69, 9.17) is 8.61 Å². The van der Waals surface area contributed by atoms with Crippen LogP contribution >= 0.6 is 0 Å². The first-order valence-corrected chi connectivity index (χ1v) is 10.9. The van der Waals surface area contributed by atoms with Crippen molar-refractivity contribution in [1.29, 1.82) is 0 Å². The molecule has 0 spiro atoms. The summed E-state index contributed by atoms with van der Waals surface area (Å²) in [4.78, 5) is 0. The topological polar surface area (TPSA) is 52.6 Å². The van der Waals surface area contributed by atoms with Crippen LogP contribution in [0.5, 0.6) is 0 Å². The van der Waals surface area contributed by atoms with Crippen molar-refractivity contribution in [2.45, 2.75) is 32.9 Å². The molecule has 102 valence electrons. The molecule has 6 heteroatoms. The monoisotopic (exact) mass is 288 g/mol. The zero-order valence-corrected chi connectivity index (χ0v) is 13.1. The first kappa shape index (κ1) is 15.4. The van der Waals surface area contributed by atoms with E-state index in [-0.39, 0.29) is 6.61 Å². The van der Waals surface area contributed by atoms with Crippen LogP contribution in [0, 0.1) is 0 Å². The van der Waals surface area contributed by atoms with Crippen LogP contribution in [-0.2, 0) is 31.9 Å². The summed E-state index contributed by atoms with van der Waals surface area (Å²) in [6.07, 6.45) is 1.04. The maximum absolute atomic E-state index is 10.8. The Labute approximate surface area is 110 Å². The van der Waals surface area contributed by atoms with Gasteiger partial charge in [0.25, 0.3) is 10.1 Å². The summed E-state index contributed by atoms with van der Waals surface area (Å²) in [7, 11) is -4.88. The number of hydrogen-bond donors (Lipinski definition) is 0. The van der Waals surface area contributed by atoms with Crippen LogP contribution < -0.4 is 0 Å². The van der Waals surface area contributed by atoms with Crippen molar-refractivity contribution in [3.63, 3.8) is 0 Å². The minimum absolute atomic E-state index is 0.0774. The van der Waals surface area contributed by atoms with Crippen LogP contribution in [0.4, 0.5) is 0 Å². The highest BCUT2D eigenvalue weighted by Crippen LogP contribution is 2.11. The Morgan fingerprint density at radius 2 is 1.44 bits per heavy atom. The van der Waals surface area contributed by atoms with Gasteiger partial charge in [0.05, 0.1) is 19.5 Å². The van der Waals surface area contributed by atoms with Gasteiger partial charge in [-0.3, -0.25) is 4.18 Å². The maximum Gasteiger partial charge on any atom is 0.264 e. The zero-order chi connectivity index (χ0) is 13.8. The molecule has 0 radical (unpaired) electrons. The number of rotatable bonds is 6. The van der Waals surface area contributed by atoms with Crippen LogP contribution in [0.25, 0.3) is 0 Å². The molecule has 1 aromatic carbocycles. The summed E-state index contributed by atoms with van der Waals surface area (Å²) in [5.41, 5.74) is 1.91. The SMILES string of the molecule is C[Si](C)(C)OCc1ccc(COS(C)(=O)=O)cc1. The molecule has 4 nitrogen and oxygen atoms in total. The van der Waals surface area contributed by atoms with Gasteiger partial charge in [0.1, 0.15) is 0 Å². The minimum Gasteiger partial charge on any atom is -0.413 e. The average molecular weight is 288 g/mol. The Hall–Kier alpha value is -0.693. The minimum atomic E-state index is -3.38. The highest BCUT2D eigenvalue weighted by molar-refractivity contribution is 7.85. The summed E-state index contributed by atoms with van der Waals surface area (Å²) >= 11 is 0. The molecule has 0 fully saturated rings. The largest absolute Gasteiger partial charge is 0.413 e. The molecule has 0 saturated heterocycles. The lowest BCUT2D eigenvalue weighted by atomic mass is 10.1. The fraction of sp³-hybridized carbons (Fsp3) is 0.500. The fourth-order valence-corrected chi connectivity index (χ4v) is 2.16. The lowest BCUT2D eigenvalue weighted by Crippen LogP contribution is -2.24. The van der Waals surface area contributed by atoms with E-state index in [1.165, 1.54) is 0 Å². The van der Waals surface area contributed by atoms with Gasteiger partial charge >= 0.3 is 0 Å². The van der Waals surface area contributed by atoms with Crippen LogP contribution in [0.1, 0.15) is 11.1 Å². The lowest BCUT2D eigenvalue weighted by molar-refractivity contribution is 0.298. The maximum atomic E-state index is 10.8. The molecule has 0 N–H and O–H groups in total. The van der Waals surface area contributed by atoms with Gasteiger partial charge in [0, 0.05) is 0 Å². The van der Waals surface area contributed by atoms with Gasteiger partial charge in [-0.25, -0.2) is 0 Å². The molecular formula is C12H20O4SSi. The van der Waals surface area contributed by atoms with Crippen molar-refractivity contribution in [1.82, 2.24) is 0 Å². The first-order chi connectivity index (χ1) is 8.16. The van der Waals surface area contributed by atoms with Crippen LogP contribution in [-0.4, -0.2) is 23.0 Å². The van der Waals surface area contributed by atoms with Gasteiger partial charge in [0.2, 0.25) is 0 Å².